The van der Waals surface area contributed by atoms with Gasteiger partial charge in [-0.1, -0.05) is 0 Å². The van der Waals surface area contributed by atoms with Gasteiger partial charge in [-0.15, -0.1) is 30.6 Å². The summed E-state index contributed by atoms with van der Waals surface area (Å²) in [6.45, 7) is 1.19. The van der Waals surface area contributed by atoms with Crippen LogP contribution >= 0.6 is 0 Å². The Morgan fingerprint density at radius 1 is 0.839 bits per heavy atom. The number of alkyl halides is 4. The van der Waals surface area contributed by atoms with Crippen LogP contribution in [0.2, 0.25) is 0 Å². The van der Waals surface area contributed by atoms with Crippen LogP contribution in [0.5, 0.6) is 0 Å². The first-order valence-electron chi connectivity index (χ1n) is 9.40. The third-order valence-electron chi connectivity index (χ3n) is 4.57. The van der Waals surface area contributed by atoms with Gasteiger partial charge in [-0.25, -0.2) is 17.6 Å². The van der Waals surface area contributed by atoms with Crippen LogP contribution in [0.1, 0.15) is 37.3 Å². The van der Waals surface area contributed by atoms with Crippen LogP contribution in [0.4, 0.5) is 29.2 Å². The lowest BCUT2D eigenvalue weighted by molar-refractivity contribution is 0.137. The van der Waals surface area contributed by atoms with E-state index < -0.39 is 24.5 Å². The average Bonchev–Trinajstić information content (AvgIpc) is 3.36. The van der Waals surface area contributed by atoms with Crippen LogP contribution < -0.4 is 10.2 Å². The molecule has 14 heteroatoms. The highest BCUT2D eigenvalue weighted by atomic mass is 19.3. The normalized spacial score (nSPS) is 11.8. The van der Waals surface area contributed by atoms with E-state index in [4.69, 9.17) is 0 Å². The molecule has 10 nitrogen and oxygen atoms in total. The zero-order chi connectivity index (χ0) is 22.0. The fourth-order valence-electron chi connectivity index (χ4n) is 2.98. The Morgan fingerprint density at radius 3 is 2.10 bits per heavy atom. The third kappa shape index (κ3) is 4.32. The van der Waals surface area contributed by atoms with Gasteiger partial charge in [0.1, 0.15) is 11.6 Å². The number of nitrogens with one attached hydrogen (secondary N) is 1. The highest BCUT2D eigenvalue weighted by Crippen LogP contribution is 2.19. The highest BCUT2D eigenvalue weighted by molar-refractivity contribution is 5.45. The van der Waals surface area contributed by atoms with E-state index in [1.165, 1.54) is 0 Å². The van der Waals surface area contributed by atoms with Crippen molar-refractivity contribution in [3.05, 3.63) is 35.9 Å². The Labute approximate surface area is 172 Å². The fraction of sp³-hybridized carbons (Fsp3) is 0.412. The molecule has 0 saturated carbocycles. The van der Waals surface area contributed by atoms with Crippen LogP contribution in [-0.2, 0) is 0 Å². The van der Waals surface area contributed by atoms with Crippen molar-refractivity contribution in [3.63, 3.8) is 0 Å². The number of aromatic nitrogens is 8. The molecule has 0 aliphatic rings. The Bertz CT molecular complexity index is 1170. The molecule has 0 bridgehead atoms. The Morgan fingerprint density at radius 2 is 1.45 bits per heavy atom. The molecule has 164 valence electrons. The second kappa shape index (κ2) is 8.65. The summed E-state index contributed by atoms with van der Waals surface area (Å²) >= 11 is 0. The molecule has 31 heavy (non-hydrogen) atoms. The lowest BCUT2D eigenvalue weighted by Gasteiger charge is -2.18. The highest BCUT2D eigenvalue weighted by Gasteiger charge is 2.18. The summed E-state index contributed by atoms with van der Waals surface area (Å²) in [4.78, 5) is 1.84. The first kappa shape index (κ1) is 20.7. The molecule has 0 aliphatic carbocycles. The molecule has 4 aromatic heterocycles. The van der Waals surface area contributed by atoms with Gasteiger partial charge in [0.25, 0.3) is 12.9 Å². The first-order chi connectivity index (χ1) is 14.9. The number of fused-ring (bicyclic) bond motifs is 2. The zero-order valence-electron chi connectivity index (χ0n) is 16.3. The molecule has 0 radical (unpaired) electrons. The van der Waals surface area contributed by atoms with Gasteiger partial charge in [0.05, 0.1) is 0 Å². The molecule has 0 aliphatic heterocycles. The molecule has 0 saturated heterocycles. The molecule has 0 spiro atoms. The first-order valence-corrected chi connectivity index (χ1v) is 9.40. The van der Waals surface area contributed by atoms with Crippen molar-refractivity contribution in [2.24, 2.45) is 0 Å². The summed E-state index contributed by atoms with van der Waals surface area (Å²) in [5.41, 5.74) is 0.499. The molecule has 1 N–H and O–H groups in total. The average molecular weight is 438 g/mol. The number of hydrogen-bond acceptors (Lipinski definition) is 8. The van der Waals surface area contributed by atoms with E-state index in [0.717, 1.165) is 21.9 Å². The molecule has 0 unspecified atom stereocenters. The molecule has 4 rings (SSSR count). The summed E-state index contributed by atoms with van der Waals surface area (Å²) in [6.07, 6.45) is -4.01. The van der Waals surface area contributed by atoms with Gasteiger partial charge >= 0.3 is 0 Å². The summed E-state index contributed by atoms with van der Waals surface area (Å²) in [7, 11) is 1.81. The number of halogens is 4. The van der Waals surface area contributed by atoms with E-state index in [1.54, 1.807) is 31.3 Å². The predicted octanol–water partition coefficient (Wildman–Crippen LogP) is 2.77. The van der Waals surface area contributed by atoms with Crippen molar-refractivity contribution in [1.82, 2.24) is 39.6 Å². The Kier molecular flexibility index (Phi) is 5.77. The van der Waals surface area contributed by atoms with E-state index in [2.05, 4.69) is 35.9 Å². The third-order valence-corrected chi connectivity index (χ3v) is 4.57. The standard InChI is InChI=1S/C17H18F4N10/c1-29(13-7-6-12-24-26-17(15(20)21)31(12)28-13)9-3-2-8-22-10-4-5-11-23-25-16(14(18)19)30(11)27-10/h4-7,14-15H,2-3,8-9H2,1H3,(H,22,27). The van der Waals surface area contributed by atoms with E-state index in [-0.39, 0.29) is 11.3 Å². The lowest BCUT2D eigenvalue weighted by atomic mass is 10.3. The minimum Gasteiger partial charge on any atom is -0.369 e. The van der Waals surface area contributed by atoms with Crippen molar-refractivity contribution in [2.45, 2.75) is 25.7 Å². The number of nitrogens with zero attached hydrogens (tertiary/aromatic N) is 9. The monoisotopic (exact) mass is 438 g/mol. The maximum absolute atomic E-state index is 13.0. The van der Waals surface area contributed by atoms with Gasteiger partial charge in [-0.2, -0.15) is 9.03 Å². The van der Waals surface area contributed by atoms with Crippen LogP contribution in [0.3, 0.4) is 0 Å². The molecule has 0 aromatic carbocycles. The minimum atomic E-state index is -2.77. The van der Waals surface area contributed by atoms with Gasteiger partial charge in [0.2, 0.25) is 11.6 Å². The fourth-order valence-corrected chi connectivity index (χ4v) is 2.98. The molecule has 0 fully saturated rings. The summed E-state index contributed by atoms with van der Waals surface area (Å²) in [6, 6.07) is 6.48. The maximum Gasteiger partial charge on any atom is 0.299 e. The summed E-state index contributed by atoms with van der Waals surface area (Å²) in [5, 5.41) is 25.6. The number of rotatable bonds is 9. The van der Waals surface area contributed by atoms with Crippen LogP contribution in [0.15, 0.2) is 24.3 Å². The molecule has 4 aromatic rings. The minimum absolute atomic E-state index is 0.245. The quantitative estimate of drug-likeness (QED) is 0.315. The van der Waals surface area contributed by atoms with E-state index in [9.17, 15) is 17.6 Å². The van der Waals surface area contributed by atoms with Gasteiger partial charge < -0.3 is 10.2 Å². The van der Waals surface area contributed by atoms with E-state index >= 15 is 0 Å². The SMILES string of the molecule is CN(CCCCNc1ccc2nnc(C(F)F)n2n1)c1ccc2nnc(C(F)F)n2n1. The second-order valence-corrected chi connectivity index (χ2v) is 6.72. The van der Waals surface area contributed by atoms with Gasteiger partial charge in [0.15, 0.2) is 11.3 Å². The second-order valence-electron chi connectivity index (χ2n) is 6.72. The Hall–Kier alpha value is -3.58. The number of hydrogen-bond donors (Lipinski definition) is 1. The van der Waals surface area contributed by atoms with Crippen molar-refractivity contribution < 1.29 is 17.6 Å². The van der Waals surface area contributed by atoms with Crippen LogP contribution in [0.25, 0.3) is 11.3 Å². The Balaban J connectivity index is 1.30. The van der Waals surface area contributed by atoms with Gasteiger partial charge in [-0.3, -0.25) is 0 Å². The van der Waals surface area contributed by atoms with Crippen LogP contribution in [-0.4, -0.2) is 59.8 Å². The van der Waals surface area contributed by atoms with Crippen molar-refractivity contribution in [1.29, 1.82) is 0 Å². The van der Waals surface area contributed by atoms with E-state index in [0.29, 0.717) is 24.7 Å². The lowest BCUT2D eigenvalue weighted by Crippen LogP contribution is -2.21. The topological polar surface area (TPSA) is 101 Å². The molecule has 0 atom stereocenters. The molecule has 0 amide bonds. The van der Waals surface area contributed by atoms with Gasteiger partial charge in [-0.05, 0) is 37.1 Å². The predicted molar refractivity (Wildman–Crippen MR) is 102 cm³/mol. The molecule has 4 heterocycles. The van der Waals surface area contributed by atoms with Crippen molar-refractivity contribution >= 4 is 22.9 Å². The maximum atomic E-state index is 13.0. The smallest absolute Gasteiger partial charge is 0.299 e. The van der Waals surface area contributed by atoms with Crippen LogP contribution in [0, 0.1) is 0 Å². The number of anilines is 2. The summed E-state index contributed by atoms with van der Waals surface area (Å²) < 4.78 is 53.9. The molecular weight excluding hydrogens is 420 g/mol. The summed E-state index contributed by atoms with van der Waals surface area (Å²) in [5.74, 6) is -0.0573. The van der Waals surface area contributed by atoms with Crippen molar-refractivity contribution in [2.75, 3.05) is 30.4 Å². The van der Waals surface area contributed by atoms with Crippen molar-refractivity contribution in [3.8, 4) is 0 Å². The van der Waals surface area contributed by atoms with E-state index in [1.807, 2.05) is 4.90 Å². The molecular formula is C17H18F4N10. The zero-order valence-corrected chi connectivity index (χ0v) is 16.3. The number of unbranched alkanes of at least 4 members (excludes halogenated alkanes) is 1. The largest absolute Gasteiger partial charge is 0.369 e. The van der Waals surface area contributed by atoms with Gasteiger partial charge in [0, 0.05) is 20.1 Å².